The summed E-state index contributed by atoms with van der Waals surface area (Å²) in [6.07, 6.45) is 2.04. The molecular weight excluding hydrogens is 390 g/mol. The number of fused-ring (bicyclic) bond motifs is 2. The molecule has 29 heavy (non-hydrogen) atoms. The number of nitrogens with zero attached hydrogens (tertiary/aromatic N) is 4. The summed E-state index contributed by atoms with van der Waals surface area (Å²) in [4.78, 5) is 28.9. The number of Topliss-reactive ketones (excluding diaryl/α,β-unsaturated/α-hetero) is 1. The van der Waals surface area contributed by atoms with Crippen LogP contribution in [0, 0.1) is 0 Å². The van der Waals surface area contributed by atoms with Gasteiger partial charge in [-0.25, -0.2) is 4.98 Å². The molecule has 1 aliphatic heterocycles. The topological polar surface area (TPSA) is 94.2 Å². The Bertz CT molecular complexity index is 1110. The number of aryl methyl sites for hydroxylation is 1. The number of ether oxygens (including phenoxy) is 1. The van der Waals surface area contributed by atoms with E-state index in [1.54, 1.807) is 0 Å². The zero-order valence-corrected chi connectivity index (χ0v) is 16.6. The van der Waals surface area contributed by atoms with E-state index < -0.39 is 0 Å². The fraction of sp³-hybridized carbons (Fsp3) is 0.333. The lowest BCUT2D eigenvalue weighted by Gasteiger charge is -2.27. The van der Waals surface area contributed by atoms with Crippen molar-refractivity contribution in [3.05, 3.63) is 40.5 Å². The van der Waals surface area contributed by atoms with Crippen molar-refractivity contribution in [2.24, 2.45) is 0 Å². The van der Waals surface area contributed by atoms with E-state index >= 15 is 0 Å². The van der Waals surface area contributed by atoms with Crippen LogP contribution in [0.5, 0.6) is 0 Å². The number of carbonyl (C=O) groups excluding carboxylic acids is 1. The summed E-state index contributed by atoms with van der Waals surface area (Å²) in [5, 5.41) is 1.25. The van der Waals surface area contributed by atoms with Crippen molar-refractivity contribution >= 4 is 40.2 Å². The quantitative estimate of drug-likeness (QED) is 0.693. The molecule has 0 atom stereocenters. The minimum Gasteiger partial charge on any atom is -0.383 e. The number of halogens is 1. The van der Waals surface area contributed by atoms with E-state index in [9.17, 15) is 4.79 Å². The zero-order valence-electron chi connectivity index (χ0n) is 15.8. The number of anilines is 2. The van der Waals surface area contributed by atoms with E-state index in [2.05, 4.69) is 4.98 Å². The molecule has 0 unspecified atom stereocenters. The molecule has 0 amide bonds. The van der Waals surface area contributed by atoms with Crippen molar-refractivity contribution in [2.75, 3.05) is 36.9 Å². The summed E-state index contributed by atoms with van der Waals surface area (Å²) in [6.45, 7) is 2.67. The Morgan fingerprint density at radius 2 is 1.76 bits per heavy atom. The highest BCUT2D eigenvalue weighted by atomic mass is 35.5. The number of carbonyl (C=O) groups is 1. The van der Waals surface area contributed by atoms with E-state index in [0.29, 0.717) is 66.1 Å². The third kappa shape index (κ3) is 3.20. The van der Waals surface area contributed by atoms with E-state index in [-0.39, 0.29) is 5.78 Å². The number of hydrogen-bond acceptors (Lipinski definition) is 7. The van der Waals surface area contributed by atoms with Gasteiger partial charge in [-0.3, -0.25) is 4.79 Å². The van der Waals surface area contributed by atoms with Gasteiger partial charge in [-0.15, -0.1) is 0 Å². The standard InChI is InChI=1S/C21H20ClN5O2/c22-13-6-4-12(5-7-13)16-17-14(2-1-3-15(17)28)24-20-18(16)19(23)25-21(26-20)27-8-10-29-11-9-27/h4-7H,1-3,8-11H2,(H2,23,24,25,26). The lowest BCUT2D eigenvalue weighted by Crippen LogP contribution is -2.37. The molecule has 0 bridgehead atoms. The number of benzene rings is 1. The Balaban J connectivity index is 1.78. The summed E-state index contributed by atoms with van der Waals surface area (Å²) >= 11 is 6.08. The van der Waals surface area contributed by atoms with Crippen LogP contribution in [-0.2, 0) is 11.2 Å². The van der Waals surface area contributed by atoms with Gasteiger partial charge in [-0.2, -0.15) is 9.97 Å². The van der Waals surface area contributed by atoms with E-state index in [1.807, 2.05) is 29.2 Å². The number of ketones is 1. The van der Waals surface area contributed by atoms with Crippen LogP contribution >= 0.6 is 11.6 Å². The molecule has 1 aliphatic carbocycles. The second-order valence-corrected chi connectivity index (χ2v) is 7.74. The highest BCUT2D eigenvalue weighted by Crippen LogP contribution is 2.39. The molecule has 1 saturated heterocycles. The fourth-order valence-corrected chi connectivity index (χ4v) is 4.19. The lowest BCUT2D eigenvalue weighted by atomic mass is 9.86. The van der Waals surface area contributed by atoms with Crippen molar-refractivity contribution in [3.8, 4) is 11.1 Å². The van der Waals surface area contributed by atoms with Crippen molar-refractivity contribution in [2.45, 2.75) is 19.3 Å². The van der Waals surface area contributed by atoms with Crippen molar-refractivity contribution in [1.29, 1.82) is 0 Å². The Labute approximate surface area is 172 Å². The largest absolute Gasteiger partial charge is 0.383 e. The Kier molecular flexibility index (Phi) is 4.56. The average molecular weight is 410 g/mol. The van der Waals surface area contributed by atoms with Crippen LogP contribution in [0.15, 0.2) is 24.3 Å². The van der Waals surface area contributed by atoms with Gasteiger partial charge in [0.25, 0.3) is 0 Å². The Morgan fingerprint density at radius 3 is 2.52 bits per heavy atom. The van der Waals surface area contributed by atoms with Crippen LogP contribution in [0.2, 0.25) is 5.02 Å². The van der Waals surface area contributed by atoms with E-state index in [0.717, 1.165) is 29.7 Å². The molecule has 2 N–H and O–H groups in total. The van der Waals surface area contributed by atoms with Crippen LogP contribution in [-0.4, -0.2) is 47.0 Å². The summed E-state index contributed by atoms with van der Waals surface area (Å²) in [7, 11) is 0. The van der Waals surface area contributed by atoms with Gasteiger partial charge in [-0.1, -0.05) is 23.7 Å². The Morgan fingerprint density at radius 1 is 1.00 bits per heavy atom. The summed E-state index contributed by atoms with van der Waals surface area (Å²) in [6, 6.07) is 7.41. The third-order valence-electron chi connectivity index (χ3n) is 5.46. The van der Waals surface area contributed by atoms with E-state index in [4.69, 9.17) is 32.0 Å². The monoisotopic (exact) mass is 409 g/mol. The third-order valence-corrected chi connectivity index (χ3v) is 5.71. The average Bonchev–Trinajstić information content (AvgIpc) is 2.74. The molecule has 1 aromatic carbocycles. The molecule has 3 heterocycles. The van der Waals surface area contributed by atoms with Crippen LogP contribution in [0.3, 0.4) is 0 Å². The molecule has 0 spiro atoms. The molecule has 2 aliphatic rings. The highest BCUT2D eigenvalue weighted by molar-refractivity contribution is 6.30. The van der Waals surface area contributed by atoms with Crippen molar-refractivity contribution < 1.29 is 9.53 Å². The molecule has 7 nitrogen and oxygen atoms in total. The molecular formula is C21H20ClN5O2. The fourth-order valence-electron chi connectivity index (χ4n) is 4.06. The first-order valence-corrected chi connectivity index (χ1v) is 10.1. The number of nitrogens with two attached hydrogens (primary N) is 1. The van der Waals surface area contributed by atoms with Gasteiger partial charge in [-0.05, 0) is 30.5 Å². The van der Waals surface area contributed by atoms with Crippen LogP contribution < -0.4 is 10.6 Å². The van der Waals surface area contributed by atoms with Gasteiger partial charge in [0.15, 0.2) is 11.4 Å². The van der Waals surface area contributed by atoms with Crippen LogP contribution in [0.25, 0.3) is 22.2 Å². The molecule has 0 radical (unpaired) electrons. The highest BCUT2D eigenvalue weighted by Gasteiger charge is 2.28. The second kappa shape index (κ2) is 7.24. The smallest absolute Gasteiger partial charge is 0.229 e. The molecule has 3 aromatic rings. The maximum Gasteiger partial charge on any atom is 0.229 e. The SMILES string of the molecule is Nc1nc(N2CCOCC2)nc2nc3c(c(-c4ccc(Cl)cc4)c12)C(=O)CCC3. The number of nitrogen functional groups attached to an aromatic ring is 1. The lowest BCUT2D eigenvalue weighted by molar-refractivity contribution is 0.0972. The van der Waals surface area contributed by atoms with Gasteiger partial charge >= 0.3 is 0 Å². The van der Waals surface area contributed by atoms with Gasteiger partial charge in [0, 0.05) is 35.7 Å². The van der Waals surface area contributed by atoms with Gasteiger partial charge < -0.3 is 15.4 Å². The molecule has 8 heteroatoms. The molecule has 0 saturated carbocycles. The second-order valence-electron chi connectivity index (χ2n) is 7.30. The van der Waals surface area contributed by atoms with Crippen LogP contribution in [0.4, 0.5) is 11.8 Å². The van der Waals surface area contributed by atoms with Gasteiger partial charge in [0.1, 0.15) is 5.82 Å². The minimum absolute atomic E-state index is 0.0854. The first kappa shape index (κ1) is 18.3. The summed E-state index contributed by atoms with van der Waals surface area (Å²) in [5.74, 6) is 0.965. The normalized spacial score (nSPS) is 16.9. The number of hydrogen-bond donors (Lipinski definition) is 1. The van der Waals surface area contributed by atoms with Gasteiger partial charge in [0.05, 0.1) is 24.3 Å². The Hall–Kier alpha value is -2.77. The maximum absolute atomic E-state index is 12.8. The van der Waals surface area contributed by atoms with Crippen molar-refractivity contribution in [1.82, 2.24) is 15.0 Å². The van der Waals surface area contributed by atoms with Crippen molar-refractivity contribution in [3.63, 3.8) is 0 Å². The zero-order chi connectivity index (χ0) is 20.0. The number of morpholine rings is 1. The predicted octanol–water partition coefficient (Wildman–Crippen LogP) is 3.28. The first-order valence-electron chi connectivity index (χ1n) is 9.74. The minimum atomic E-state index is 0.0854. The van der Waals surface area contributed by atoms with E-state index in [1.165, 1.54) is 0 Å². The van der Waals surface area contributed by atoms with Gasteiger partial charge in [0.2, 0.25) is 5.95 Å². The number of rotatable bonds is 2. The first-order chi connectivity index (χ1) is 14.1. The number of aromatic nitrogens is 3. The number of pyridine rings is 1. The maximum atomic E-state index is 12.8. The summed E-state index contributed by atoms with van der Waals surface area (Å²) < 4.78 is 5.42. The molecule has 1 fully saturated rings. The molecule has 5 rings (SSSR count). The summed E-state index contributed by atoms with van der Waals surface area (Å²) in [5.41, 5.74) is 10.00. The molecule has 2 aromatic heterocycles. The van der Waals surface area contributed by atoms with Crippen LogP contribution in [0.1, 0.15) is 28.9 Å². The predicted molar refractivity (Wildman–Crippen MR) is 112 cm³/mol. The molecule has 148 valence electrons.